The van der Waals surface area contributed by atoms with Gasteiger partial charge in [0.15, 0.2) is 0 Å². The van der Waals surface area contributed by atoms with Crippen molar-refractivity contribution in [3.8, 4) is 0 Å². The first-order valence-corrected chi connectivity index (χ1v) is 6.77. The SMILES string of the molecule is CC(O)CC(C)NC(CN)C1CCCCC1. The van der Waals surface area contributed by atoms with Gasteiger partial charge in [0.25, 0.3) is 0 Å². The second-order valence-electron chi connectivity index (χ2n) is 5.39. The van der Waals surface area contributed by atoms with Crippen LogP contribution in [0.1, 0.15) is 52.4 Å². The van der Waals surface area contributed by atoms with Crippen molar-refractivity contribution in [1.29, 1.82) is 0 Å². The summed E-state index contributed by atoms with van der Waals surface area (Å²) in [6.45, 7) is 4.70. The van der Waals surface area contributed by atoms with Crippen molar-refractivity contribution >= 4 is 0 Å². The van der Waals surface area contributed by atoms with Gasteiger partial charge >= 0.3 is 0 Å². The van der Waals surface area contributed by atoms with Crippen molar-refractivity contribution in [2.24, 2.45) is 11.7 Å². The zero-order valence-electron chi connectivity index (χ0n) is 10.8. The first kappa shape index (κ1) is 13.9. The Balaban J connectivity index is 2.34. The summed E-state index contributed by atoms with van der Waals surface area (Å²) in [5.74, 6) is 0.746. The molecule has 1 saturated carbocycles. The van der Waals surface area contributed by atoms with Crippen molar-refractivity contribution in [2.75, 3.05) is 6.54 Å². The van der Waals surface area contributed by atoms with Crippen LogP contribution in [-0.4, -0.2) is 29.8 Å². The molecule has 0 aromatic heterocycles. The van der Waals surface area contributed by atoms with Crippen LogP contribution in [0.5, 0.6) is 0 Å². The van der Waals surface area contributed by atoms with Crippen LogP contribution < -0.4 is 11.1 Å². The van der Waals surface area contributed by atoms with Crippen LogP contribution in [0, 0.1) is 5.92 Å². The highest BCUT2D eigenvalue weighted by atomic mass is 16.3. The Labute approximate surface area is 99.8 Å². The maximum absolute atomic E-state index is 9.35. The number of nitrogens with two attached hydrogens (primary N) is 1. The molecule has 16 heavy (non-hydrogen) atoms. The smallest absolute Gasteiger partial charge is 0.0526 e. The molecule has 1 fully saturated rings. The molecule has 0 aromatic carbocycles. The van der Waals surface area contributed by atoms with Gasteiger partial charge in [-0.05, 0) is 39.0 Å². The van der Waals surface area contributed by atoms with Gasteiger partial charge in [-0.25, -0.2) is 0 Å². The number of nitrogens with one attached hydrogen (secondary N) is 1. The minimum atomic E-state index is -0.229. The fourth-order valence-electron chi connectivity index (χ4n) is 2.88. The maximum Gasteiger partial charge on any atom is 0.0526 e. The van der Waals surface area contributed by atoms with E-state index in [2.05, 4.69) is 12.2 Å². The molecule has 1 aliphatic rings. The van der Waals surface area contributed by atoms with E-state index in [9.17, 15) is 5.11 Å². The van der Waals surface area contributed by atoms with Gasteiger partial charge in [0.2, 0.25) is 0 Å². The van der Waals surface area contributed by atoms with Crippen molar-refractivity contribution in [3.63, 3.8) is 0 Å². The Kier molecular flexibility index (Phi) is 6.32. The number of hydrogen-bond acceptors (Lipinski definition) is 3. The van der Waals surface area contributed by atoms with E-state index < -0.39 is 0 Å². The molecule has 3 heteroatoms. The Morgan fingerprint density at radius 2 is 1.88 bits per heavy atom. The Morgan fingerprint density at radius 1 is 1.25 bits per heavy atom. The van der Waals surface area contributed by atoms with Crippen molar-refractivity contribution in [2.45, 2.75) is 70.6 Å². The average molecular weight is 228 g/mol. The lowest BCUT2D eigenvalue weighted by molar-refractivity contribution is 0.161. The molecule has 0 amide bonds. The fraction of sp³-hybridized carbons (Fsp3) is 1.00. The second-order valence-corrected chi connectivity index (χ2v) is 5.39. The molecule has 4 N–H and O–H groups in total. The molecule has 3 nitrogen and oxygen atoms in total. The lowest BCUT2D eigenvalue weighted by atomic mass is 9.83. The average Bonchev–Trinajstić information content (AvgIpc) is 2.26. The van der Waals surface area contributed by atoms with Gasteiger partial charge in [0, 0.05) is 18.6 Å². The topological polar surface area (TPSA) is 58.3 Å². The minimum absolute atomic E-state index is 0.229. The van der Waals surface area contributed by atoms with Gasteiger partial charge in [0.1, 0.15) is 0 Å². The van der Waals surface area contributed by atoms with Gasteiger partial charge in [-0.3, -0.25) is 0 Å². The summed E-state index contributed by atoms with van der Waals surface area (Å²) in [5.41, 5.74) is 5.86. The third kappa shape index (κ3) is 4.81. The third-order valence-electron chi connectivity index (χ3n) is 3.67. The fourth-order valence-corrected chi connectivity index (χ4v) is 2.88. The highest BCUT2D eigenvalue weighted by Crippen LogP contribution is 2.26. The van der Waals surface area contributed by atoms with Crippen molar-refractivity contribution < 1.29 is 5.11 Å². The lowest BCUT2D eigenvalue weighted by Gasteiger charge is -2.32. The summed E-state index contributed by atoms with van der Waals surface area (Å²) in [7, 11) is 0. The van der Waals surface area contributed by atoms with Crippen LogP contribution in [0.25, 0.3) is 0 Å². The van der Waals surface area contributed by atoms with E-state index in [1.165, 1.54) is 32.1 Å². The number of rotatable bonds is 6. The summed E-state index contributed by atoms with van der Waals surface area (Å²) in [6.07, 6.45) is 7.31. The quantitative estimate of drug-likeness (QED) is 0.648. The monoisotopic (exact) mass is 228 g/mol. The summed E-state index contributed by atoms with van der Waals surface area (Å²) in [5, 5.41) is 12.9. The molecule has 3 unspecified atom stereocenters. The van der Waals surface area contributed by atoms with Crippen LogP contribution in [0.3, 0.4) is 0 Å². The van der Waals surface area contributed by atoms with E-state index in [4.69, 9.17) is 5.73 Å². The van der Waals surface area contributed by atoms with Gasteiger partial charge in [0.05, 0.1) is 6.10 Å². The summed E-state index contributed by atoms with van der Waals surface area (Å²) < 4.78 is 0. The van der Waals surface area contributed by atoms with Crippen LogP contribution >= 0.6 is 0 Å². The molecule has 0 aromatic rings. The molecule has 96 valence electrons. The number of aliphatic hydroxyl groups excluding tert-OH is 1. The highest BCUT2D eigenvalue weighted by Gasteiger charge is 2.23. The summed E-state index contributed by atoms with van der Waals surface area (Å²) in [6, 6.07) is 0.796. The van der Waals surface area contributed by atoms with Crippen molar-refractivity contribution in [1.82, 2.24) is 5.32 Å². The van der Waals surface area contributed by atoms with Crippen LogP contribution in [-0.2, 0) is 0 Å². The van der Waals surface area contributed by atoms with Gasteiger partial charge < -0.3 is 16.2 Å². The third-order valence-corrected chi connectivity index (χ3v) is 3.67. The molecule has 0 saturated heterocycles. The van der Waals surface area contributed by atoms with Crippen LogP contribution in [0.15, 0.2) is 0 Å². The summed E-state index contributed by atoms with van der Waals surface area (Å²) >= 11 is 0. The Morgan fingerprint density at radius 3 is 2.38 bits per heavy atom. The van der Waals surface area contributed by atoms with E-state index in [1.807, 2.05) is 6.92 Å². The van der Waals surface area contributed by atoms with Gasteiger partial charge in [-0.15, -0.1) is 0 Å². The molecule has 1 aliphatic carbocycles. The molecule has 3 atom stereocenters. The van der Waals surface area contributed by atoms with Crippen molar-refractivity contribution in [3.05, 3.63) is 0 Å². The largest absolute Gasteiger partial charge is 0.393 e. The number of aliphatic hydroxyl groups is 1. The zero-order valence-corrected chi connectivity index (χ0v) is 10.8. The molecule has 1 rings (SSSR count). The predicted molar refractivity (Wildman–Crippen MR) is 68.3 cm³/mol. The van der Waals surface area contributed by atoms with Crippen LogP contribution in [0.4, 0.5) is 0 Å². The van der Waals surface area contributed by atoms with E-state index in [0.29, 0.717) is 12.1 Å². The number of hydrogen-bond donors (Lipinski definition) is 3. The lowest BCUT2D eigenvalue weighted by Crippen LogP contribution is -2.47. The normalized spacial score (nSPS) is 24.0. The molecule has 0 bridgehead atoms. The molecule has 0 radical (unpaired) electrons. The molecular weight excluding hydrogens is 200 g/mol. The maximum atomic E-state index is 9.35. The molecular formula is C13H28N2O. The molecule has 0 heterocycles. The molecule has 0 aliphatic heterocycles. The standard InChI is InChI=1S/C13H28N2O/c1-10(8-11(2)16)15-13(9-14)12-6-4-3-5-7-12/h10-13,15-16H,3-9,14H2,1-2H3. The van der Waals surface area contributed by atoms with E-state index >= 15 is 0 Å². The highest BCUT2D eigenvalue weighted by molar-refractivity contribution is 4.82. The Hall–Kier alpha value is -0.120. The predicted octanol–water partition coefficient (Wildman–Crippen LogP) is 1.64. The first-order chi connectivity index (χ1) is 7.63. The summed E-state index contributed by atoms with van der Waals surface area (Å²) in [4.78, 5) is 0. The Bertz CT molecular complexity index is 179. The van der Waals surface area contributed by atoms with E-state index in [0.717, 1.165) is 18.9 Å². The van der Waals surface area contributed by atoms with E-state index in [1.54, 1.807) is 0 Å². The second kappa shape index (κ2) is 7.25. The van der Waals surface area contributed by atoms with Crippen LogP contribution in [0.2, 0.25) is 0 Å². The molecule has 0 spiro atoms. The first-order valence-electron chi connectivity index (χ1n) is 6.77. The van der Waals surface area contributed by atoms with Gasteiger partial charge in [-0.1, -0.05) is 19.3 Å². The van der Waals surface area contributed by atoms with E-state index in [-0.39, 0.29) is 6.10 Å². The minimum Gasteiger partial charge on any atom is -0.393 e. The van der Waals surface area contributed by atoms with Gasteiger partial charge in [-0.2, -0.15) is 0 Å². The zero-order chi connectivity index (χ0) is 12.0.